The van der Waals surface area contributed by atoms with Gasteiger partial charge in [-0.2, -0.15) is 0 Å². The lowest BCUT2D eigenvalue weighted by Gasteiger charge is -2.21. The molecule has 26 heavy (non-hydrogen) atoms. The number of pyridine rings is 1. The minimum Gasteiger partial charge on any atom is -0.481 e. The molecule has 0 unspecified atom stereocenters. The van der Waals surface area contributed by atoms with E-state index < -0.39 is 6.10 Å². The average molecular weight is 351 g/mol. The monoisotopic (exact) mass is 351 g/mol. The summed E-state index contributed by atoms with van der Waals surface area (Å²) < 4.78 is 5.89. The average Bonchev–Trinajstić information content (AvgIpc) is 3.33. The highest BCUT2D eigenvalue weighted by molar-refractivity contribution is 5.96. The Balaban J connectivity index is 1.43. The van der Waals surface area contributed by atoms with Crippen molar-refractivity contribution >= 4 is 17.4 Å². The fraction of sp³-hybridized carbons (Fsp3) is 0.429. The number of rotatable bonds is 5. The van der Waals surface area contributed by atoms with Crippen molar-refractivity contribution in [2.45, 2.75) is 45.1 Å². The zero-order valence-electron chi connectivity index (χ0n) is 15.2. The molecule has 4 rings (SSSR count). The molecule has 1 atom stereocenters. The Morgan fingerprint density at radius 2 is 1.96 bits per heavy atom. The Hall–Kier alpha value is -2.56. The molecule has 5 nitrogen and oxygen atoms in total. The Morgan fingerprint density at radius 3 is 2.81 bits per heavy atom. The number of nitrogens with zero attached hydrogens (tertiary/aromatic N) is 2. The summed E-state index contributed by atoms with van der Waals surface area (Å²) in [7, 11) is 0. The van der Waals surface area contributed by atoms with E-state index in [1.54, 1.807) is 13.1 Å². The van der Waals surface area contributed by atoms with Gasteiger partial charge in [-0.15, -0.1) is 0 Å². The van der Waals surface area contributed by atoms with E-state index in [4.69, 9.17) is 4.74 Å². The second-order valence-corrected chi connectivity index (χ2v) is 7.10. The normalized spacial score (nSPS) is 17.0. The van der Waals surface area contributed by atoms with Gasteiger partial charge in [-0.1, -0.05) is 6.07 Å². The lowest BCUT2D eigenvalue weighted by Crippen LogP contribution is -2.31. The van der Waals surface area contributed by atoms with Crippen molar-refractivity contribution in [3.8, 4) is 5.75 Å². The molecule has 2 heterocycles. The molecule has 2 aromatic rings. The summed E-state index contributed by atoms with van der Waals surface area (Å²) in [4.78, 5) is 19.3. The fourth-order valence-electron chi connectivity index (χ4n) is 3.79. The summed E-state index contributed by atoms with van der Waals surface area (Å²) >= 11 is 0. The van der Waals surface area contributed by atoms with E-state index in [0.717, 1.165) is 43.2 Å². The van der Waals surface area contributed by atoms with Crippen molar-refractivity contribution in [3.63, 3.8) is 0 Å². The van der Waals surface area contributed by atoms with Crippen LogP contribution in [0.1, 0.15) is 37.3 Å². The molecule has 0 radical (unpaired) electrons. The smallest absolute Gasteiger partial charge is 0.265 e. The first kappa shape index (κ1) is 16.9. The van der Waals surface area contributed by atoms with Gasteiger partial charge in [-0.05, 0) is 74.4 Å². The van der Waals surface area contributed by atoms with Crippen LogP contribution in [0.25, 0.3) is 0 Å². The van der Waals surface area contributed by atoms with Crippen molar-refractivity contribution in [3.05, 3.63) is 47.7 Å². The number of aryl methyl sites for hydroxylation is 2. The molecule has 1 saturated heterocycles. The van der Waals surface area contributed by atoms with E-state index in [2.05, 4.69) is 27.3 Å². The van der Waals surface area contributed by atoms with Crippen LogP contribution < -0.4 is 15.0 Å². The minimum atomic E-state index is -0.568. The predicted octanol–water partition coefficient (Wildman–Crippen LogP) is 3.58. The van der Waals surface area contributed by atoms with Gasteiger partial charge in [-0.25, -0.2) is 4.98 Å². The van der Waals surface area contributed by atoms with E-state index in [0.29, 0.717) is 0 Å². The lowest BCUT2D eigenvalue weighted by atomic mass is 10.1. The van der Waals surface area contributed by atoms with Crippen LogP contribution in [0.5, 0.6) is 5.75 Å². The number of amides is 1. The van der Waals surface area contributed by atoms with Crippen LogP contribution in [-0.4, -0.2) is 30.1 Å². The van der Waals surface area contributed by atoms with Gasteiger partial charge in [0.2, 0.25) is 0 Å². The fourth-order valence-corrected chi connectivity index (χ4v) is 3.79. The topological polar surface area (TPSA) is 54.5 Å². The molecule has 1 aliphatic carbocycles. The maximum atomic E-state index is 12.6. The Kier molecular flexibility index (Phi) is 4.78. The van der Waals surface area contributed by atoms with E-state index in [-0.39, 0.29) is 5.91 Å². The molecule has 1 aliphatic heterocycles. The third-order valence-electron chi connectivity index (χ3n) is 5.20. The van der Waals surface area contributed by atoms with Gasteiger partial charge < -0.3 is 15.0 Å². The van der Waals surface area contributed by atoms with Gasteiger partial charge in [0.1, 0.15) is 5.75 Å². The van der Waals surface area contributed by atoms with E-state index in [1.165, 1.54) is 30.4 Å². The number of anilines is 2. The molecule has 0 bridgehead atoms. The van der Waals surface area contributed by atoms with Crippen LogP contribution in [0.15, 0.2) is 36.5 Å². The molecule has 1 aromatic heterocycles. The second kappa shape index (κ2) is 7.36. The van der Waals surface area contributed by atoms with Crippen molar-refractivity contribution in [1.29, 1.82) is 0 Å². The van der Waals surface area contributed by atoms with E-state index in [1.807, 2.05) is 18.2 Å². The van der Waals surface area contributed by atoms with Gasteiger partial charge in [0.05, 0.1) is 5.69 Å². The zero-order valence-corrected chi connectivity index (χ0v) is 15.2. The van der Waals surface area contributed by atoms with Gasteiger partial charge in [-0.3, -0.25) is 4.79 Å². The lowest BCUT2D eigenvalue weighted by molar-refractivity contribution is -0.122. The summed E-state index contributed by atoms with van der Waals surface area (Å²) in [5.41, 5.74) is 3.50. The first-order valence-electron chi connectivity index (χ1n) is 9.50. The van der Waals surface area contributed by atoms with Crippen molar-refractivity contribution in [2.75, 3.05) is 23.3 Å². The minimum absolute atomic E-state index is 0.154. The first-order chi connectivity index (χ1) is 12.7. The maximum Gasteiger partial charge on any atom is 0.265 e. The highest BCUT2D eigenvalue weighted by Crippen LogP contribution is 2.28. The molecular weight excluding hydrogens is 326 g/mol. The molecule has 0 saturated carbocycles. The van der Waals surface area contributed by atoms with Crippen molar-refractivity contribution < 1.29 is 9.53 Å². The zero-order chi connectivity index (χ0) is 17.9. The summed E-state index contributed by atoms with van der Waals surface area (Å²) in [5, 5.41) is 2.99. The molecule has 136 valence electrons. The number of hydrogen-bond donors (Lipinski definition) is 1. The van der Waals surface area contributed by atoms with Crippen LogP contribution in [0, 0.1) is 0 Å². The second-order valence-electron chi connectivity index (χ2n) is 7.10. The molecule has 1 fully saturated rings. The van der Waals surface area contributed by atoms with Crippen LogP contribution in [0.4, 0.5) is 11.5 Å². The SMILES string of the molecule is C[C@@H](Oc1ccc2c(c1)CCC2)C(=O)Nc1cccnc1N1CCCC1. The van der Waals surface area contributed by atoms with Crippen LogP contribution in [0.2, 0.25) is 0 Å². The van der Waals surface area contributed by atoms with Gasteiger partial charge >= 0.3 is 0 Å². The summed E-state index contributed by atoms with van der Waals surface area (Å²) in [6.07, 6.45) is 6.99. The Bertz CT molecular complexity index is 800. The van der Waals surface area contributed by atoms with Crippen LogP contribution in [0.3, 0.4) is 0 Å². The van der Waals surface area contributed by atoms with Crippen molar-refractivity contribution in [2.24, 2.45) is 0 Å². The number of carbonyl (C=O) groups is 1. The molecule has 1 N–H and O–H groups in total. The summed E-state index contributed by atoms with van der Waals surface area (Å²) in [6, 6.07) is 9.91. The maximum absolute atomic E-state index is 12.6. The van der Waals surface area contributed by atoms with Crippen LogP contribution >= 0.6 is 0 Å². The van der Waals surface area contributed by atoms with Crippen LogP contribution in [-0.2, 0) is 17.6 Å². The van der Waals surface area contributed by atoms with Gasteiger partial charge in [0.15, 0.2) is 11.9 Å². The molecular formula is C21H25N3O2. The van der Waals surface area contributed by atoms with Crippen molar-refractivity contribution in [1.82, 2.24) is 4.98 Å². The third-order valence-corrected chi connectivity index (χ3v) is 5.20. The number of fused-ring (bicyclic) bond motifs is 1. The molecule has 0 spiro atoms. The quantitative estimate of drug-likeness (QED) is 0.895. The molecule has 1 amide bonds. The molecule has 2 aliphatic rings. The highest BCUT2D eigenvalue weighted by Gasteiger charge is 2.21. The summed E-state index contributed by atoms with van der Waals surface area (Å²) in [6.45, 7) is 3.76. The largest absolute Gasteiger partial charge is 0.481 e. The molecule has 5 heteroatoms. The van der Waals surface area contributed by atoms with Gasteiger partial charge in [0, 0.05) is 19.3 Å². The standard InChI is InChI=1S/C21H25N3O2/c1-15(26-18-10-9-16-6-4-7-17(16)14-18)21(25)23-19-8-5-11-22-20(19)24-12-2-3-13-24/h5,8-11,14-15H,2-4,6-7,12-13H2,1H3,(H,23,25)/t15-/m1/s1. The number of ether oxygens (including phenoxy) is 1. The Morgan fingerprint density at radius 1 is 1.15 bits per heavy atom. The number of hydrogen-bond acceptors (Lipinski definition) is 4. The number of nitrogens with one attached hydrogen (secondary N) is 1. The number of carbonyl (C=O) groups excluding carboxylic acids is 1. The first-order valence-corrected chi connectivity index (χ1v) is 9.50. The van der Waals surface area contributed by atoms with E-state index >= 15 is 0 Å². The predicted molar refractivity (Wildman–Crippen MR) is 103 cm³/mol. The number of benzene rings is 1. The van der Waals surface area contributed by atoms with E-state index in [9.17, 15) is 4.79 Å². The van der Waals surface area contributed by atoms with Gasteiger partial charge in [0.25, 0.3) is 5.91 Å². The third kappa shape index (κ3) is 3.52. The molecule has 1 aromatic carbocycles. The summed E-state index contributed by atoms with van der Waals surface area (Å²) in [5.74, 6) is 1.46. The Labute approximate surface area is 154 Å². The number of aromatic nitrogens is 1. The highest BCUT2D eigenvalue weighted by atomic mass is 16.5.